The minimum Gasteiger partial charge on any atom is -0.389 e. The van der Waals surface area contributed by atoms with E-state index >= 15 is 0 Å². The molecule has 1 aromatic rings. The maximum absolute atomic E-state index is 5.74. The molecule has 0 aromatic heterocycles. The second-order valence-electron chi connectivity index (χ2n) is 4.00. The van der Waals surface area contributed by atoms with Crippen LogP contribution in [0.25, 0.3) is 0 Å². The first-order valence-corrected chi connectivity index (χ1v) is 9.10. The third kappa shape index (κ3) is 4.05. The normalized spacial score (nSPS) is 19.5. The maximum Gasteiger partial charge on any atom is 0.106 e. The highest BCUT2D eigenvalue weighted by atomic mass is 79.9. The average molecular weight is 363 g/mol. The Morgan fingerprint density at radius 1 is 1.50 bits per heavy atom. The van der Waals surface area contributed by atoms with E-state index in [1.165, 1.54) is 17.3 Å². The topological polar surface area (TPSA) is 38.0 Å². The van der Waals surface area contributed by atoms with Gasteiger partial charge in [0.1, 0.15) is 4.99 Å². The highest BCUT2D eigenvalue weighted by Crippen LogP contribution is 2.26. The molecule has 0 bridgehead atoms. The molecule has 1 saturated heterocycles. The molecule has 0 amide bonds. The number of hydrogen-bond acceptors (Lipinski definition) is 4. The zero-order chi connectivity index (χ0) is 13.0. The van der Waals surface area contributed by atoms with Crippen LogP contribution in [0.4, 0.5) is 5.69 Å². The van der Waals surface area contributed by atoms with Gasteiger partial charge in [-0.15, -0.1) is 0 Å². The molecule has 98 valence electrons. The molecule has 0 aliphatic carbocycles. The predicted molar refractivity (Wildman–Crippen MR) is 92.1 cm³/mol. The van der Waals surface area contributed by atoms with E-state index in [2.05, 4.69) is 21.2 Å². The Labute approximate surface area is 130 Å². The smallest absolute Gasteiger partial charge is 0.106 e. The molecule has 2 nitrogen and oxygen atoms in total. The van der Waals surface area contributed by atoms with Gasteiger partial charge in [-0.2, -0.15) is 23.5 Å². The number of nitrogens with one attached hydrogen (secondary N) is 1. The Morgan fingerprint density at radius 3 is 3.00 bits per heavy atom. The number of thiocarbonyl (C=S) groups is 1. The maximum atomic E-state index is 5.74. The van der Waals surface area contributed by atoms with Gasteiger partial charge in [0.15, 0.2) is 0 Å². The summed E-state index contributed by atoms with van der Waals surface area (Å²) in [5.74, 6) is 3.74. The van der Waals surface area contributed by atoms with Gasteiger partial charge in [0.25, 0.3) is 0 Å². The van der Waals surface area contributed by atoms with Crippen LogP contribution in [0.3, 0.4) is 0 Å². The van der Waals surface area contributed by atoms with Crippen molar-refractivity contribution in [3.8, 4) is 0 Å². The van der Waals surface area contributed by atoms with E-state index in [0.29, 0.717) is 10.2 Å². The first-order chi connectivity index (χ1) is 8.66. The fourth-order valence-corrected chi connectivity index (χ4v) is 4.91. The van der Waals surface area contributed by atoms with Crippen LogP contribution in [-0.2, 0) is 0 Å². The SMILES string of the molecule is NC(=S)c1ccc(Br)cc1NCC1CSCCS1. The Kier molecular flexibility index (Phi) is 5.66. The van der Waals surface area contributed by atoms with E-state index in [1.807, 2.05) is 41.7 Å². The fourth-order valence-electron chi connectivity index (χ4n) is 1.76. The summed E-state index contributed by atoms with van der Waals surface area (Å²) < 4.78 is 1.04. The molecule has 1 aromatic carbocycles. The molecule has 0 spiro atoms. The van der Waals surface area contributed by atoms with Crippen LogP contribution < -0.4 is 11.1 Å². The lowest BCUT2D eigenvalue weighted by Crippen LogP contribution is -2.24. The van der Waals surface area contributed by atoms with Crippen molar-refractivity contribution >= 4 is 62.3 Å². The summed E-state index contributed by atoms with van der Waals surface area (Å²) in [6.07, 6.45) is 0. The summed E-state index contributed by atoms with van der Waals surface area (Å²) in [6, 6.07) is 5.96. The molecular weight excluding hydrogens is 348 g/mol. The van der Waals surface area contributed by atoms with Crippen LogP contribution in [0, 0.1) is 0 Å². The van der Waals surface area contributed by atoms with Gasteiger partial charge < -0.3 is 11.1 Å². The summed E-state index contributed by atoms with van der Waals surface area (Å²) in [4.78, 5) is 0.440. The number of rotatable bonds is 4. The van der Waals surface area contributed by atoms with Crippen LogP contribution in [0.5, 0.6) is 0 Å². The molecule has 18 heavy (non-hydrogen) atoms. The Morgan fingerprint density at radius 2 is 2.33 bits per heavy atom. The third-order valence-electron chi connectivity index (χ3n) is 2.65. The number of benzene rings is 1. The Bertz CT molecular complexity index is 433. The van der Waals surface area contributed by atoms with Gasteiger partial charge in [0, 0.05) is 44.8 Å². The quantitative estimate of drug-likeness (QED) is 0.803. The van der Waals surface area contributed by atoms with Gasteiger partial charge in [0.2, 0.25) is 0 Å². The molecule has 1 atom stereocenters. The van der Waals surface area contributed by atoms with Crippen molar-refractivity contribution in [2.24, 2.45) is 5.73 Å². The van der Waals surface area contributed by atoms with Crippen molar-refractivity contribution < 1.29 is 0 Å². The number of anilines is 1. The molecule has 6 heteroatoms. The van der Waals surface area contributed by atoms with Crippen LogP contribution in [0.1, 0.15) is 5.56 Å². The first-order valence-electron chi connectivity index (χ1n) is 5.69. The van der Waals surface area contributed by atoms with E-state index < -0.39 is 0 Å². The van der Waals surface area contributed by atoms with Crippen LogP contribution in [0.2, 0.25) is 0 Å². The number of nitrogens with two attached hydrogens (primary N) is 1. The molecule has 1 unspecified atom stereocenters. The molecule has 1 fully saturated rings. The van der Waals surface area contributed by atoms with Crippen molar-refractivity contribution in [2.75, 3.05) is 29.1 Å². The molecule has 0 radical (unpaired) electrons. The van der Waals surface area contributed by atoms with E-state index in [4.69, 9.17) is 18.0 Å². The zero-order valence-electron chi connectivity index (χ0n) is 9.82. The Hall–Kier alpha value is 0.0900. The summed E-state index contributed by atoms with van der Waals surface area (Å²) in [6.45, 7) is 0.962. The molecule has 3 N–H and O–H groups in total. The fraction of sp³-hybridized carbons (Fsp3) is 0.417. The highest BCUT2D eigenvalue weighted by molar-refractivity contribution is 9.10. The second-order valence-corrected chi connectivity index (χ2v) is 7.92. The van der Waals surface area contributed by atoms with E-state index in [0.717, 1.165) is 22.3 Å². The summed E-state index contributed by atoms with van der Waals surface area (Å²) in [7, 11) is 0. The average Bonchev–Trinajstić information content (AvgIpc) is 2.37. The monoisotopic (exact) mass is 362 g/mol. The first kappa shape index (κ1) is 14.5. The lowest BCUT2D eigenvalue weighted by molar-refractivity contribution is 1.00. The molecule has 2 rings (SSSR count). The van der Waals surface area contributed by atoms with Crippen LogP contribution in [-0.4, -0.2) is 34.0 Å². The summed E-state index contributed by atoms with van der Waals surface area (Å²) in [5, 5.41) is 4.14. The number of thioether (sulfide) groups is 2. The van der Waals surface area contributed by atoms with Gasteiger partial charge in [-0.3, -0.25) is 0 Å². The molecular formula is C12H15BrN2S3. The minimum atomic E-state index is 0.440. The lowest BCUT2D eigenvalue weighted by Gasteiger charge is -2.22. The molecule has 1 heterocycles. The van der Waals surface area contributed by atoms with Gasteiger partial charge in [-0.05, 0) is 18.2 Å². The van der Waals surface area contributed by atoms with Crippen molar-refractivity contribution in [1.82, 2.24) is 0 Å². The van der Waals surface area contributed by atoms with Crippen molar-refractivity contribution in [1.29, 1.82) is 0 Å². The van der Waals surface area contributed by atoms with Gasteiger partial charge in [0.05, 0.1) is 0 Å². The van der Waals surface area contributed by atoms with Gasteiger partial charge in [-0.25, -0.2) is 0 Å². The van der Waals surface area contributed by atoms with Crippen molar-refractivity contribution in [3.63, 3.8) is 0 Å². The summed E-state index contributed by atoms with van der Waals surface area (Å²) in [5.41, 5.74) is 7.68. The highest BCUT2D eigenvalue weighted by Gasteiger charge is 2.15. The molecule has 1 aliphatic heterocycles. The van der Waals surface area contributed by atoms with Crippen molar-refractivity contribution in [3.05, 3.63) is 28.2 Å². The second kappa shape index (κ2) is 7.03. The summed E-state index contributed by atoms with van der Waals surface area (Å²) >= 11 is 12.6. The lowest BCUT2D eigenvalue weighted by atomic mass is 10.2. The standard InChI is InChI=1S/C12H15BrN2S3/c13-8-1-2-10(12(14)16)11(5-8)15-6-9-7-17-3-4-18-9/h1-2,5,9,15H,3-4,6-7H2,(H2,14,16). The zero-order valence-corrected chi connectivity index (χ0v) is 13.9. The Balaban J connectivity index is 2.03. The molecule has 0 saturated carbocycles. The molecule has 1 aliphatic rings. The number of hydrogen-bond donors (Lipinski definition) is 2. The largest absolute Gasteiger partial charge is 0.389 e. The van der Waals surface area contributed by atoms with Crippen LogP contribution >= 0.6 is 51.7 Å². The van der Waals surface area contributed by atoms with E-state index in [1.54, 1.807) is 0 Å². The third-order valence-corrected chi connectivity index (χ3v) is 6.21. The van der Waals surface area contributed by atoms with Gasteiger partial charge >= 0.3 is 0 Å². The van der Waals surface area contributed by atoms with Crippen molar-refractivity contribution in [2.45, 2.75) is 5.25 Å². The van der Waals surface area contributed by atoms with E-state index in [-0.39, 0.29) is 0 Å². The van der Waals surface area contributed by atoms with E-state index in [9.17, 15) is 0 Å². The predicted octanol–water partition coefficient (Wildman–Crippen LogP) is 3.34. The minimum absolute atomic E-state index is 0.440. The van der Waals surface area contributed by atoms with Gasteiger partial charge in [-0.1, -0.05) is 28.1 Å². The van der Waals surface area contributed by atoms with Crippen LogP contribution in [0.15, 0.2) is 22.7 Å². The number of halogens is 1.